The van der Waals surface area contributed by atoms with Crippen LogP contribution in [0.3, 0.4) is 0 Å². The highest BCUT2D eigenvalue weighted by atomic mass is 127. The molecule has 0 unspecified atom stereocenters. The molecule has 0 heterocycles. The van der Waals surface area contributed by atoms with E-state index in [1.807, 2.05) is 7.05 Å². The first-order chi connectivity index (χ1) is 8.13. The predicted octanol–water partition coefficient (Wildman–Crippen LogP) is 2.05. The number of unbranched alkanes of at least 4 members (excludes halogenated alkanes) is 1. The van der Waals surface area contributed by atoms with Gasteiger partial charge in [0.05, 0.1) is 0 Å². The summed E-state index contributed by atoms with van der Waals surface area (Å²) in [6, 6.07) is 1.32. The quantitative estimate of drug-likeness (QED) is 0.313. The van der Waals surface area contributed by atoms with Crippen molar-refractivity contribution in [2.24, 2.45) is 4.99 Å². The Morgan fingerprint density at radius 1 is 1.33 bits per heavy atom. The summed E-state index contributed by atoms with van der Waals surface area (Å²) in [7, 11) is 4.02. The molecule has 1 rings (SSSR count). The summed E-state index contributed by atoms with van der Waals surface area (Å²) < 4.78 is 0. The molecule has 1 fully saturated rings. The fourth-order valence-corrected chi connectivity index (χ4v) is 1.57. The second-order valence-electron chi connectivity index (χ2n) is 5.20. The average molecular weight is 368 g/mol. The third kappa shape index (κ3) is 8.13. The van der Waals surface area contributed by atoms with Crippen LogP contribution in [0, 0.1) is 0 Å². The van der Waals surface area contributed by atoms with E-state index < -0.39 is 0 Å². The van der Waals surface area contributed by atoms with Gasteiger partial charge in [-0.3, -0.25) is 4.99 Å². The van der Waals surface area contributed by atoms with Crippen LogP contribution in [0.4, 0.5) is 0 Å². The molecule has 0 saturated heterocycles. The average Bonchev–Trinajstić information content (AvgIpc) is 3.10. The van der Waals surface area contributed by atoms with Crippen LogP contribution in [0.2, 0.25) is 0 Å². The summed E-state index contributed by atoms with van der Waals surface area (Å²) in [5, 5.41) is 6.75. The van der Waals surface area contributed by atoms with Crippen molar-refractivity contribution < 1.29 is 0 Å². The standard InChI is InChI=1S/C13H28N4.HI/c1-11(2)17(4)10-6-5-9-15-13(14-3)16-12-7-8-12;/h11-12H,5-10H2,1-4H3,(H2,14,15,16);1H. The van der Waals surface area contributed by atoms with Crippen LogP contribution in [0.1, 0.15) is 39.5 Å². The number of hydrogen-bond donors (Lipinski definition) is 2. The molecule has 0 amide bonds. The van der Waals surface area contributed by atoms with Gasteiger partial charge < -0.3 is 15.5 Å². The van der Waals surface area contributed by atoms with E-state index in [0.29, 0.717) is 12.1 Å². The number of nitrogens with one attached hydrogen (secondary N) is 2. The zero-order chi connectivity index (χ0) is 12.7. The highest BCUT2D eigenvalue weighted by Crippen LogP contribution is 2.18. The molecule has 0 aliphatic heterocycles. The Hall–Kier alpha value is -0.0400. The van der Waals surface area contributed by atoms with Gasteiger partial charge in [0.2, 0.25) is 0 Å². The van der Waals surface area contributed by atoms with Crippen molar-refractivity contribution in [2.75, 3.05) is 27.2 Å². The molecule has 0 aromatic carbocycles. The van der Waals surface area contributed by atoms with Crippen molar-refractivity contribution in [1.29, 1.82) is 0 Å². The van der Waals surface area contributed by atoms with Gasteiger partial charge in [0.15, 0.2) is 5.96 Å². The maximum absolute atomic E-state index is 4.21. The molecule has 4 nitrogen and oxygen atoms in total. The van der Waals surface area contributed by atoms with Crippen molar-refractivity contribution in [3.63, 3.8) is 0 Å². The van der Waals surface area contributed by atoms with E-state index in [1.165, 1.54) is 32.2 Å². The summed E-state index contributed by atoms with van der Waals surface area (Å²) in [4.78, 5) is 6.60. The van der Waals surface area contributed by atoms with Crippen LogP contribution >= 0.6 is 24.0 Å². The number of rotatable bonds is 7. The first-order valence-corrected chi connectivity index (χ1v) is 6.81. The van der Waals surface area contributed by atoms with Gasteiger partial charge in [0, 0.05) is 25.7 Å². The minimum atomic E-state index is 0. The molecule has 0 aromatic rings. The predicted molar refractivity (Wildman–Crippen MR) is 89.9 cm³/mol. The smallest absolute Gasteiger partial charge is 0.191 e. The maximum Gasteiger partial charge on any atom is 0.191 e. The van der Waals surface area contributed by atoms with Crippen molar-refractivity contribution >= 4 is 29.9 Å². The monoisotopic (exact) mass is 368 g/mol. The minimum absolute atomic E-state index is 0. The first kappa shape index (κ1) is 18.0. The van der Waals surface area contributed by atoms with Gasteiger partial charge in [0.25, 0.3) is 0 Å². The molecule has 2 N–H and O–H groups in total. The van der Waals surface area contributed by atoms with E-state index in [-0.39, 0.29) is 24.0 Å². The van der Waals surface area contributed by atoms with Crippen molar-refractivity contribution in [1.82, 2.24) is 15.5 Å². The molecule has 5 heteroatoms. The molecule has 0 spiro atoms. The Balaban J connectivity index is 0.00000289. The Morgan fingerprint density at radius 2 is 2.00 bits per heavy atom. The molecular weight excluding hydrogens is 339 g/mol. The van der Waals surface area contributed by atoms with Crippen molar-refractivity contribution in [3.8, 4) is 0 Å². The normalized spacial score (nSPS) is 15.8. The molecule has 0 radical (unpaired) electrons. The van der Waals surface area contributed by atoms with E-state index in [4.69, 9.17) is 0 Å². The van der Waals surface area contributed by atoms with Crippen molar-refractivity contribution in [2.45, 2.75) is 51.6 Å². The third-order valence-electron chi connectivity index (χ3n) is 3.25. The summed E-state index contributed by atoms with van der Waals surface area (Å²) in [6.45, 7) is 6.66. The fourth-order valence-electron chi connectivity index (χ4n) is 1.57. The third-order valence-corrected chi connectivity index (χ3v) is 3.25. The number of guanidine groups is 1. The minimum Gasteiger partial charge on any atom is -0.356 e. The second-order valence-corrected chi connectivity index (χ2v) is 5.20. The molecule has 0 bridgehead atoms. The van der Waals surface area contributed by atoms with Gasteiger partial charge in [-0.05, 0) is 53.1 Å². The van der Waals surface area contributed by atoms with Crippen LogP contribution in [0.5, 0.6) is 0 Å². The van der Waals surface area contributed by atoms with Crippen LogP contribution < -0.4 is 10.6 Å². The lowest BCUT2D eigenvalue weighted by molar-refractivity contribution is 0.268. The Morgan fingerprint density at radius 3 is 2.50 bits per heavy atom. The summed E-state index contributed by atoms with van der Waals surface area (Å²) >= 11 is 0. The van der Waals surface area contributed by atoms with Gasteiger partial charge in [-0.2, -0.15) is 0 Å². The van der Waals surface area contributed by atoms with E-state index in [9.17, 15) is 0 Å². The summed E-state index contributed by atoms with van der Waals surface area (Å²) in [5.41, 5.74) is 0. The lowest BCUT2D eigenvalue weighted by Gasteiger charge is -2.20. The van der Waals surface area contributed by atoms with E-state index in [2.05, 4.69) is 41.4 Å². The zero-order valence-corrected chi connectivity index (χ0v) is 14.5. The molecule has 1 aliphatic rings. The van der Waals surface area contributed by atoms with Gasteiger partial charge in [0.1, 0.15) is 0 Å². The van der Waals surface area contributed by atoms with E-state index in [0.717, 1.165) is 12.5 Å². The fraction of sp³-hybridized carbons (Fsp3) is 0.923. The Kier molecular flexibility index (Phi) is 9.81. The van der Waals surface area contributed by atoms with Crippen LogP contribution in [-0.4, -0.2) is 50.1 Å². The highest BCUT2D eigenvalue weighted by Gasteiger charge is 2.21. The molecule has 1 saturated carbocycles. The lowest BCUT2D eigenvalue weighted by atomic mass is 10.2. The number of aliphatic imine (C=N–C) groups is 1. The van der Waals surface area contributed by atoms with Crippen LogP contribution in [0.25, 0.3) is 0 Å². The first-order valence-electron chi connectivity index (χ1n) is 6.81. The SMILES string of the molecule is CN=C(NCCCCN(C)C(C)C)NC1CC1.I. The topological polar surface area (TPSA) is 39.7 Å². The van der Waals surface area contributed by atoms with E-state index in [1.54, 1.807) is 0 Å². The highest BCUT2D eigenvalue weighted by molar-refractivity contribution is 14.0. The lowest BCUT2D eigenvalue weighted by Crippen LogP contribution is -2.39. The zero-order valence-electron chi connectivity index (χ0n) is 12.2. The largest absolute Gasteiger partial charge is 0.356 e. The molecular formula is C13H29IN4. The van der Waals surface area contributed by atoms with E-state index >= 15 is 0 Å². The molecule has 18 heavy (non-hydrogen) atoms. The Bertz CT molecular complexity index is 239. The van der Waals surface area contributed by atoms with Gasteiger partial charge in [-0.15, -0.1) is 24.0 Å². The molecule has 0 aromatic heterocycles. The summed E-state index contributed by atoms with van der Waals surface area (Å²) in [6.07, 6.45) is 5.02. The molecule has 0 atom stereocenters. The Labute approximate surface area is 129 Å². The summed E-state index contributed by atoms with van der Waals surface area (Å²) in [5.74, 6) is 0.963. The van der Waals surface area contributed by atoms with Crippen molar-refractivity contribution in [3.05, 3.63) is 0 Å². The maximum atomic E-state index is 4.21. The van der Waals surface area contributed by atoms with Gasteiger partial charge >= 0.3 is 0 Å². The second kappa shape index (κ2) is 9.83. The van der Waals surface area contributed by atoms with Gasteiger partial charge in [-0.1, -0.05) is 0 Å². The van der Waals surface area contributed by atoms with Crippen LogP contribution in [-0.2, 0) is 0 Å². The molecule has 1 aliphatic carbocycles. The molecule has 108 valence electrons. The van der Waals surface area contributed by atoms with Gasteiger partial charge in [-0.25, -0.2) is 0 Å². The number of nitrogens with zero attached hydrogens (tertiary/aromatic N) is 2. The van der Waals surface area contributed by atoms with Crippen LogP contribution in [0.15, 0.2) is 4.99 Å². The number of halogens is 1. The number of hydrogen-bond acceptors (Lipinski definition) is 2.